The molecule has 152 valence electrons. The number of guanidine groups is 1. The van der Waals surface area contributed by atoms with Gasteiger partial charge in [0, 0.05) is 24.4 Å². The van der Waals surface area contributed by atoms with Crippen LogP contribution in [0.1, 0.15) is 18.2 Å². The van der Waals surface area contributed by atoms with Crippen LogP contribution in [-0.2, 0) is 6.54 Å². The minimum Gasteiger partial charge on any atom is -0.493 e. The zero-order valence-corrected chi connectivity index (χ0v) is 17.2. The van der Waals surface area contributed by atoms with Crippen LogP contribution in [0.3, 0.4) is 0 Å². The van der Waals surface area contributed by atoms with Crippen molar-refractivity contribution in [3.05, 3.63) is 60.0 Å². The molecule has 1 heterocycles. The topological polar surface area (TPSA) is 80.9 Å². The second-order valence-electron chi connectivity index (χ2n) is 6.36. The molecule has 0 bridgehead atoms. The second kappa shape index (κ2) is 9.64. The highest BCUT2D eigenvalue weighted by Gasteiger charge is 2.09. The van der Waals surface area contributed by atoms with Gasteiger partial charge in [-0.25, -0.2) is 4.98 Å². The molecule has 0 spiro atoms. The van der Waals surface area contributed by atoms with E-state index in [0.717, 1.165) is 16.9 Å². The van der Waals surface area contributed by atoms with Gasteiger partial charge >= 0.3 is 0 Å². The molecule has 2 N–H and O–H groups in total. The van der Waals surface area contributed by atoms with Gasteiger partial charge in [0.15, 0.2) is 17.5 Å². The first-order valence-corrected chi connectivity index (χ1v) is 9.43. The Morgan fingerprint density at radius 2 is 1.93 bits per heavy atom. The third-order valence-electron chi connectivity index (χ3n) is 4.24. The third kappa shape index (κ3) is 5.28. The Morgan fingerprint density at radius 1 is 1.14 bits per heavy atom. The van der Waals surface area contributed by atoms with Crippen LogP contribution in [0.2, 0.25) is 0 Å². The lowest BCUT2D eigenvalue weighted by Gasteiger charge is -2.14. The molecule has 0 fully saturated rings. The first kappa shape index (κ1) is 20.3. The molecule has 2 aromatic carbocycles. The van der Waals surface area contributed by atoms with Gasteiger partial charge in [-0.05, 0) is 38.1 Å². The van der Waals surface area contributed by atoms with Crippen LogP contribution >= 0.6 is 0 Å². The largest absolute Gasteiger partial charge is 0.493 e. The first-order chi connectivity index (χ1) is 14.1. The lowest BCUT2D eigenvalue weighted by atomic mass is 10.1. The predicted molar refractivity (Wildman–Crippen MR) is 115 cm³/mol. The summed E-state index contributed by atoms with van der Waals surface area (Å²) in [6.07, 6.45) is 1.65. The Bertz CT molecular complexity index is 964. The molecule has 0 aliphatic heterocycles. The summed E-state index contributed by atoms with van der Waals surface area (Å²) in [7, 11) is 3.33. The van der Waals surface area contributed by atoms with E-state index in [0.29, 0.717) is 36.5 Å². The Morgan fingerprint density at radius 3 is 2.62 bits per heavy atom. The van der Waals surface area contributed by atoms with E-state index in [4.69, 9.17) is 13.9 Å². The van der Waals surface area contributed by atoms with E-state index in [1.54, 1.807) is 20.4 Å². The molecule has 0 saturated heterocycles. The van der Waals surface area contributed by atoms with Crippen molar-refractivity contribution >= 4 is 11.6 Å². The molecule has 0 unspecified atom stereocenters. The first-order valence-electron chi connectivity index (χ1n) is 9.43. The normalized spacial score (nSPS) is 11.2. The number of benzene rings is 2. The van der Waals surface area contributed by atoms with Crippen molar-refractivity contribution in [1.29, 1.82) is 0 Å². The number of rotatable bonds is 7. The maximum atomic E-state index is 5.60. The van der Waals surface area contributed by atoms with Gasteiger partial charge in [0.25, 0.3) is 0 Å². The molecule has 29 heavy (non-hydrogen) atoms. The Labute approximate surface area is 170 Å². The average molecular weight is 394 g/mol. The zero-order valence-electron chi connectivity index (χ0n) is 17.2. The third-order valence-corrected chi connectivity index (χ3v) is 4.24. The summed E-state index contributed by atoms with van der Waals surface area (Å²) in [5, 5.41) is 6.46. The number of aryl methyl sites for hydroxylation is 1. The molecule has 7 nitrogen and oxygen atoms in total. The molecule has 0 saturated carbocycles. The van der Waals surface area contributed by atoms with Crippen LogP contribution in [-0.4, -0.2) is 31.7 Å². The summed E-state index contributed by atoms with van der Waals surface area (Å²) in [6, 6.07) is 13.7. The number of methoxy groups -OCH3 is 1. The Balaban J connectivity index is 1.62. The minimum absolute atomic E-state index is 0.475. The van der Waals surface area contributed by atoms with Crippen LogP contribution in [0.15, 0.2) is 58.1 Å². The average Bonchev–Trinajstić information content (AvgIpc) is 3.21. The van der Waals surface area contributed by atoms with Gasteiger partial charge in [0.05, 0.1) is 26.0 Å². The van der Waals surface area contributed by atoms with Gasteiger partial charge in [0.2, 0.25) is 5.89 Å². The van der Waals surface area contributed by atoms with Crippen molar-refractivity contribution in [3.8, 4) is 23.0 Å². The van der Waals surface area contributed by atoms with Crippen molar-refractivity contribution in [2.24, 2.45) is 4.99 Å². The smallest absolute Gasteiger partial charge is 0.226 e. The molecule has 3 rings (SSSR count). The zero-order chi connectivity index (χ0) is 20.6. The number of aromatic nitrogens is 1. The molecular formula is C22H26N4O3. The van der Waals surface area contributed by atoms with E-state index in [9.17, 15) is 0 Å². The monoisotopic (exact) mass is 394 g/mol. The van der Waals surface area contributed by atoms with Gasteiger partial charge in [0.1, 0.15) is 6.26 Å². The summed E-state index contributed by atoms with van der Waals surface area (Å²) < 4.78 is 16.5. The van der Waals surface area contributed by atoms with Crippen molar-refractivity contribution in [1.82, 2.24) is 10.3 Å². The van der Waals surface area contributed by atoms with Crippen molar-refractivity contribution < 1.29 is 13.9 Å². The lowest BCUT2D eigenvalue weighted by Crippen LogP contribution is -2.30. The molecule has 0 aliphatic carbocycles. The fourth-order valence-electron chi connectivity index (χ4n) is 2.73. The highest BCUT2D eigenvalue weighted by atomic mass is 16.5. The van der Waals surface area contributed by atoms with Gasteiger partial charge in [-0.3, -0.25) is 4.99 Å². The quantitative estimate of drug-likeness (QED) is 0.461. The fraction of sp³-hybridized carbons (Fsp3) is 0.273. The highest BCUT2D eigenvalue weighted by molar-refractivity contribution is 5.93. The van der Waals surface area contributed by atoms with Gasteiger partial charge < -0.3 is 24.5 Å². The molecule has 0 radical (unpaired) electrons. The second-order valence-corrected chi connectivity index (χ2v) is 6.36. The van der Waals surface area contributed by atoms with E-state index >= 15 is 0 Å². The van der Waals surface area contributed by atoms with Crippen LogP contribution in [0, 0.1) is 6.92 Å². The van der Waals surface area contributed by atoms with Crippen molar-refractivity contribution in [2.75, 3.05) is 26.1 Å². The maximum Gasteiger partial charge on any atom is 0.226 e. The number of hydrogen-bond donors (Lipinski definition) is 2. The Kier molecular flexibility index (Phi) is 6.73. The standard InChI is InChI=1S/C22H26N4O3/c1-5-28-19-11-10-17(12-20(19)27-4)26-22(23-3)24-13-18-14-29-21(25-18)16-8-6-15(2)7-9-16/h6-12,14H,5,13H2,1-4H3,(H2,23,24,26). The molecule has 7 heteroatoms. The van der Waals surface area contributed by atoms with E-state index in [1.807, 2.05) is 56.3 Å². The van der Waals surface area contributed by atoms with E-state index in [-0.39, 0.29) is 0 Å². The molecule has 0 amide bonds. The summed E-state index contributed by atoms with van der Waals surface area (Å²) in [5.41, 5.74) is 3.76. The van der Waals surface area contributed by atoms with Crippen molar-refractivity contribution in [3.63, 3.8) is 0 Å². The number of ether oxygens (including phenoxy) is 2. The Hall–Kier alpha value is -3.48. The van der Waals surface area contributed by atoms with E-state index in [2.05, 4.69) is 20.6 Å². The molecule has 3 aromatic rings. The van der Waals surface area contributed by atoms with Crippen LogP contribution in [0.25, 0.3) is 11.5 Å². The van der Waals surface area contributed by atoms with Crippen LogP contribution in [0.5, 0.6) is 11.5 Å². The molecule has 0 atom stereocenters. The lowest BCUT2D eigenvalue weighted by molar-refractivity contribution is 0.311. The summed E-state index contributed by atoms with van der Waals surface area (Å²) in [6.45, 7) is 5.04. The molecular weight excluding hydrogens is 368 g/mol. The molecule has 0 aliphatic rings. The maximum absolute atomic E-state index is 5.60. The number of anilines is 1. The SMILES string of the molecule is CCOc1ccc(NC(=NC)NCc2coc(-c3ccc(C)cc3)n2)cc1OC. The number of oxazole rings is 1. The molecule has 1 aromatic heterocycles. The summed E-state index contributed by atoms with van der Waals surface area (Å²) in [5.74, 6) is 2.57. The number of aliphatic imine (C=N–C) groups is 1. The summed E-state index contributed by atoms with van der Waals surface area (Å²) >= 11 is 0. The van der Waals surface area contributed by atoms with Gasteiger partial charge in [-0.1, -0.05) is 17.7 Å². The van der Waals surface area contributed by atoms with Crippen LogP contribution < -0.4 is 20.1 Å². The highest BCUT2D eigenvalue weighted by Crippen LogP contribution is 2.30. The van der Waals surface area contributed by atoms with Crippen LogP contribution in [0.4, 0.5) is 5.69 Å². The fourth-order valence-corrected chi connectivity index (χ4v) is 2.73. The van der Waals surface area contributed by atoms with E-state index in [1.165, 1.54) is 5.56 Å². The number of hydrogen-bond acceptors (Lipinski definition) is 5. The minimum atomic E-state index is 0.475. The van der Waals surface area contributed by atoms with E-state index < -0.39 is 0 Å². The van der Waals surface area contributed by atoms with Crippen molar-refractivity contribution in [2.45, 2.75) is 20.4 Å². The summed E-state index contributed by atoms with van der Waals surface area (Å²) in [4.78, 5) is 8.79. The van der Waals surface area contributed by atoms with Gasteiger partial charge in [-0.15, -0.1) is 0 Å². The number of nitrogens with one attached hydrogen (secondary N) is 2. The van der Waals surface area contributed by atoms with Gasteiger partial charge in [-0.2, -0.15) is 0 Å². The predicted octanol–water partition coefficient (Wildman–Crippen LogP) is 4.24. The number of nitrogens with zero attached hydrogens (tertiary/aromatic N) is 2.